The van der Waals surface area contributed by atoms with Gasteiger partial charge in [-0.25, -0.2) is 4.98 Å². The number of nitrogens with zero attached hydrogens (tertiary/aromatic N) is 3. The van der Waals surface area contributed by atoms with Crippen molar-refractivity contribution in [3.05, 3.63) is 75.1 Å². The first-order chi connectivity index (χ1) is 13.1. The summed E-state index contributed by atoms with van der Waals surface area (Å²) in [6, 6.07) is 18.8. The number of aliphatic hydroxyl groups excluding tert-OH is 1. The zero-order chi connectivity index (χ0) is 19.0. The number of fused-ring (bicyclic) bond motifs is 1. The summed E-state index contributed by atoms with van der Waals surface area (Å²) in [7, 11) is 0. The van der Waals surface area contributed by atoms with E-state index in [9.17, 15) is 10.4 Å². The smallest absolute Gasteiger partial charge is 0.203 e. The summed E-state index contributed by atoms with van der Waals surface area (Å²) in [5, 5.41) is 28.1. The molecule has 0 aliphatic carbocycles. The second kappa shape index (κ2) is 6.48. The average molecular weight is 374 g/mol. The number of imidazole rings is 1. The molecular weight excluding hydrogens is 360 g/mol. The number of rotatable bonds is 2. The van der Waals surface area contributed by atoms with Crippen molar-refractivity contribution in [2.75, 3.05) is 0 Å². The second-order valence-corrected chi connectivity index (χ2v) is 6.73. The molecule has 2 aromatic carbocycles. The van der Waals surface area contributed by atoms with Crippen LogP contribution in [0.4, 0.5) is 0 Å². The molecule has 0 saturated heterocycles. The van der Waals surface area contributed by atoms with E-state index in [-0.39, 0.29) is 15.6 Å². The van der Waals surface area contributed by atoms with E-state index >= 15 is 0 Å². The third kappa shape index (κ3) is 2.76. The van der Waals surface area contributed by atoms with Crippen molar-refractivity contribution in [1.29, 1.82) is 10.7 Å². The molecule has 2 aromatic heterocycles. The van der Waals surface area contributed by atoms with Crippen LogP contribution in [0.2, 0.25) is 0 Å². The number of nitrogens with two attached hydrogens (primary N) is 1. The average Bonchev–Trinajstić information content (AvgIpc) is 3.24. The van der Waals surface area contributed by atoms with E-state index in [4.69, 9.17) is 11.1 Å². The lowest BCUT2D eigenvalue weighted by molar-refractivity contribution is 0.493. The van der Waals surface area contributed by atoms with Gasteiger partial charge in [0.2, 0.25) is 5.88 Å². The van der Waals surface area contributed by atoms with Crippen molar-refractivity contribution in [1.82, 2.24) is 14.5 Å². The van der Waals surface area contributed by atoms with Gasteiger partial charge in [0.25, 0.3) is 0 Å². The van der Waals surface area contributed by atoms with Crippen LogP contribution in [0, 0.1) is 16.7 Å². The molecule has 0 aliphatic heterocycles. The molecule has 132 valence electrons. The fraction of sp³-hybridized carbons (Fsp3) is 0. The van der Waals surface area contributed by atoms with Crippen LogP contribution in [0.5, 0.6) is 0 Å². The molecule has 8 heteroatoms. The minimum absolute atomic E-state index is 0.00469. The number of aliphatic hydroxyl groups is 1. The van der Waals surface area contributed by atoms with Crippen LogP contribution in [-0.2, 0) is 0 Å². The maximum atomic E-state index is 9.85. The van der Waals surface area contributed by atoms with Gasteiger partial charge in [-0.3, -0.25) is 9.98 Å². The van der Waals surface area contributed by atoms with Gasteiger partial charge in [0.05, 0.1) is 11.0 Å². The molecular formula is C19H14N6OS. The summed E-state index contributed by atoms with van der Waals surface area (Å²) < 4.78 is 2.23. The predicted molar refractivity (Wildman–Crippen MR) is 103 cm³/mol. The molecule has 0 aliphatic rings. The lowest BCUT2D eigenvalue weighted by Gasteiger charge is -2.03. The van der Waals surface area contributed by atoms with Crippen LogP contribution < -0.4 is 20.4 Å². The van der Waals surface area contributed by atoms with E-state index in [0.29, 0.717) is 16.2 Å². The number of thiazole rings is 1. The molecule has 0 radical (unpaired) electrons. The lowest BCUT2D eigenvalue weighted by atomic mass is 10.3. The molecule has 0 unspecified atom stereocenters. The highest BCUT2D eigenvalue weighted by molar-refractivity contribution is 7.07. The van der Waals surface area contributed by atoms with Gasteiger partial charge in [0.1, 0.15) is 20.8 Å². The summed E-state index contributed by atoms with van der Waals surface area (Å²) >= 11 is 1.07. The van der Waals surface area contributed by atoms with Crippen LogP contribution in [0.25, 0.3) is 28.2 Å². The Balaban J connectivity index is 2.16. The van der Waals surface area contributed by atoms with Crippen molar-refractivity contribution >= 4 is 33.8 Å². The van der Waals surface area contributed by atoms with Gasteiger partial charge in [0, 0.05) is 5.69 Å². The van der Waals surface area contributed by atoms with Crippen molar-refractivity contribution in [2.24, 2.45) is 5.73 Å². The Morgan fingerprint density at radius 1 is 1.19 bits per heavy atom. The predicted octanol–water partition coefficient (Wildman–Crippen LogP) is 1.20. The Bertz CT molecular complexity index is 1330. The Labute approximate surface area is 157 Å². The van der Waals surface area contributed by atoms with Gasteiger partial charge in [0.15, 0.2) is 11.3 Å². The van der Waals surface area contributed by atoms with Crippen LogP contribution in [0.15, 0.2) is 54.6 Å². The van der Waals surface area contributed by atoms with Crippen LogP contribution in [-0.4, -0.2) is 19.6 Å². The van der Waals surface area contributed by atoms with E-state index in [1.54, 1.807) is 4.57 Å². The maximum Gasteiger partial charge on any atom is 0.203 e. The number of para-hydroxylation sites is 3. The standard InChI is InChI=1S/C19H14N6OS/c20-10-12(18-23-13-8-4-5-9-14(13)24-18)19-25(11-6-2-1-3-7-11)16(21)15(27-19)17(22)26/h1-9,21,26H,22H2,(H,23,24)/b17-15+,19-12?,21-16?. The minimum atomic E-state index is -0.456. The van der Waals surface area contributed by atoms with E-state index in [2.05, 4.69) is 16.0 Å². The molecule has 0 saturated carbocycles. The highest BCUT2D eigenvalue weighted by Gasteiger charge is 2.15. The Morgan fingerprint density at radius 2 is 1.89 bits per heavy atom. The molecule has 4 rings (SSSR count). The number of hydrogen-bond acceptors (Lipinski definition) is 6. The summed E-state index contributed by atoms with van der Waals surface area (Å²) in [4.78, 5) is 7.64. The van der Waals surface area contributed by atoms with E-state index in [0.717, 1.165) is 22.4 Å². The van der Waals surface area contributed by atoms with Crippen molar-refractivity contribution < 1.29 is 5.11 Å². The summed E-state index contributed by atoms with van der Waals surface area (Å²) in [5.74, 6) is -0.0597. The van der Waals surface area contributed by atoms with Gasteiger partial charge < -0.3 is 15.8 Å². The summed E-state index contributed by atoms with van der Waals surface area (Å²) in [5.41, 5.74) is 8.05. The molecule has 2 heterocycles. The van der Waals surface area contributed by atoms with Gasteiger partial charge in [-0.15, -0.1) is 11.3 Å². The number of aromatic amines is 1. The highest BCUT2D eigenvalue weighted by atomic mass is 32.1. The van der Waals surface area contributed by atoms with E-state index in [1.807, 2.05) is 54.6 Å². The Kier molecular flexibility index (Phi) is 3.99. The molecule has 0 bridgehead atoms. The SMILES string of the molecule is N#CC(c1nc2ccccc2[nH]1)=c1s/c(=C(\N)O)c(=N)n1-c1ccccc1. The molecule has 5 N–H and O–H groups in total. The third-order valence-corrected chi connectivity index (χ3v) is 5.23. The Morgan fingerprint density at radius 3 is 2.56 bits per heavy atom. The van der Waals surface area contributed by atoms with Crippen LogP contribution in [0.3, 0.4) is 0 Å². The monoisotopic (exact) mass is 374 g/mol. The van der Waals surface area contributed by atoms with Crippen LogP contribution >= 0.6 is 11.3 Å². The molecule has 4 aromatic rings. The minimum Gasteiger partial charge on any atom is -0.494 e. The number of H-pyrrole nitrogens is 1. The zero-order valence-electron chi connectivity index (χ0n) is 14.0. The quantitative estimate of drug-likeness (QED) is 0.420. The van der Waals surface area contributed by atoms with Crippen LogP contribution in [0.1, 0.15) is 5.82 Å². The van der Waals surface area contributed by atoms with E-state index < -0.39 is 5.88 Å². The Hall–Kier alpha value is -3.83. The zero-order valence-corrected chi connectivity index (χ0v) is 14.8. The van der Waals surface area contributed by atoms with Crippen molar-refractivity contribution in [2.45, 2.75) is 0 Å². The fourth-order valence-electron chi connectivity index (χ4n) is 2.83. The highest BCUT2D eigenvalue weighted by Crippen LogP contribution is 2.15. The number of aromatic nitrogens is 3. The fourth-order valence-corrected chi connectivity index (χ4v) is 3.85. The summed E-state index contributed by atoms with van der Waals surface area (Å²) in [6.45, 7) is 0. The number of nitriles is 1. The topological polar surface area (TPSA) is 128 Å². The van der Waals surface area contributed by atoms with Gasteiger partial charge in [-0.1, -0.05) is 30.3 Å². The van der Waals surface area contributed by atoms with Gasteiger partial charge in [-0.2, -0.15) is 5.26 Å². The molecule has 0 fully saturated rings. The van der Waals surface area contributed by atoms with Crippen molar-refractivity contribution in [3.8, 4) is 11.8 Å². The van der Waals surface area contributed by atoms with Gasteiger partial charge >= 0.3 is 0 Å². The number of benzene rings is 2. The molecule has 0 atom stereocenters. The first kappa shape index (κ1) is 16.6. The third-order valence-electron chi connectivity index (χ3n) is 4.04. The normalized spacial score (nSPS) is 13.3. The number of hydrogen-bond donors (Lipinski definition) is 4. The van der Waals surface area contributed by atoms with Gasteiger partial charge in [-0.05, 0) is 24.3 Å². The first-order valence-electron chi connectivity index (χ1n) is 8.00. The molecule has 7 nitrogen and oxygen atoms in total. The molecule has 27 heavy (non-hydrogen) atoms. The second-order valence-electron chi connectivity index (χ2n) is 5.73. The summed E-state index contributed by atoms with van der Waals surface area (Å²) in [6.07, 6.45) is 0. The molecule has 0 spiro atoms. The lowest BCUT2D eigenvalue weighted by Crippen LogP contribution is -2.33. The first-order valence-corrected chi connectivity index (χ1v) is 8.82. The van der Waals surface area contributed by atoms with Crippen molar-refractivity contribution in [3.63, 3.8) is 0 Å². The maximum absolute atomic E-state index is 9.85. The van der Waals surface area contributed by atoms with E-state index in [1.165, 1.54) is 0 Å². The largest absolute Gasteiger partial charge is 0.494 e. The molecule has 0 amide bonds. The number of nitrogens with one attached hydrogen (secondary N) is 2.